The summed E-state index contributed by atoms with van der Waals surface area (Å²) in [6, 6.07) is 1.92. The van der Waals surface area contributed by atoms with Crippen molar-refractivity contribution in [1.29, 1.82) is 0 Å². The number of aliphatic hydroxyl groups is 1. The SMILES string of the molecule is OCC1CN(Cc2cc(Cl)sc2Cl)C1. The maximum atomic E-state index is 8.86. The molecule has 2 heterocycles. The molecule has 2 nitrogen and oxygen atoms in total. The van der Waals surface area contributed by atoms with Gasteiger partial charge in [0.2, 0.25) is 0 Å². The van der Waals surface area contributed by atoms with Gasteiger partial charge in [0.05, 0.1) is 8.67 Å². The largest absolute Gasteiger partial charge is 0.396 e. The molecule has 0 atom stereocenters. The molecule has 0 amide bonds. The summed E-state index contributed by atoms with van der Waals surface area (Å²) in [5, 5.41) is 8.86. The molecule has 0 aliphatic carbocycles. The summed E-state index contributed by atoms with van der Waals surface area (Å²) < 4.78 is 1.52. The van der Waals surface area contributed by atoms with Gasteiger partial charge >= 0.3 is 0 Å². The van der Waals surface area contributed by atoms with Crippen molar-refractivity contribution >= 4 is 34.5 Å². The van der Waals surface area contributed by atoms with E-state index in [2.05, 4.69) is 4.90 Å². The molecule has 0 radical (unpaired) electrons. The zero-order chi connectivity index (χ0) is 10.1. The second kappa shape index (κ2) is 4.37. The van der Waals surface area contributed by atoms with Gasteiger partial charge in [-0.05, 0) is 11.6 Å². The van der Waals surface area contributed by atoms with E-state index in [1.165, 1.54) is 11.3 Å². The van der Waals surface area contributed by atoms with Gasteiger partial charge in [0.25, 0.3) is 0 Å². The van der Waals surface area contributed by atoms with Crippen LogP contribution in [0.2, 0.25) is 8.67 Å². The number of aliphatic hydroxyl groups excluding tert-OH is 1. The van der Waals surface area contributed by atoms with Crippen molar-refractivity contribution in [3.63, 3.8) is 0 Å². The molecule has 0 bridgehead atoms. The number of thiophene rings is 1. The average Bonchev–Trinajstić information content (AvgIpc) is 2.37. The zero-order valence-corrected chi connectivity index (χ0v) is 9.87. The Bertz CT molecular complexity index is 323. The minimum Gasteiger partial charge on any atom is -0.396 e. The average molecular weight is 252 g/mol. The second-order valence-corrected chi connectivity index (χ2v) is 5.88. The first kappa shape index (κ1) is 10.7. The van der Waals surface area contributed by atoms with Crippen molar-refractivity contribution in [2.24, 2.45) is 5.92 Å². The minimum atomic E-state index is 0.286. The molecule has 0 unspecified atom stereocenters. The lowest BCUT2D eigenvalue weighted by Gasteiger charge is -2.38. The molecule has 0 spiro atoms. The van der Waals surface area contributed by atoms with E-state index in [0.717, 1.165) is 33.9 Å². The highest BCUT2D eigenvalue weighted by Crippen LogP contribution is 2.33. The molecule has 78 valence electrons. The minimum absolute atomic E-state index is 0.286. The molecule has 1 aromatic heterocycles. The van der Waals surface area contributed by atoms with Crippen molar-refractivity contribution in [2.45, 2.75) is 6.54 Å². The topological polar surface area (TPSA) is 23.5 Å². The lowest BCUT2D eigenvalue weighted by atomic mass is 10.0. The van der Waals surface area contributed by atoms with Gasteiger partial charge in [-0.3, -0.25) is 4.90 Å². The van der Waals surface area contributed by atoms with Gasteiger partial charge in [0.1, 0.15) is 0 Å². The zero-order valence-electron chi connectivity index (χ0n) is 7.54. The first-order valence-corrected chi connectivity index (χ1v) is 6.03. The smallest absolute Gasteiger partial charge is 0.0989 e. The molecule has 1 aliphatic heterocycles. The third kappa shape index (κ3) is 2.23. The van der Waals surface area contributed by atoms with Crippen molar-refractivity contribution < 1.29 is 5.11 Å². The van der Waals surface area contributed by atoms with E-state index in [1.807, 2.05) is 6.07 Å². The third-order valence-corrected chi connectivity index (χ3v) is 3.98. The maximum Gasteiger partial charge on any atom is 0.0989 e. The summed E-state index contributed by atoms with van der Waals surface area (Å²) in [5.74, 6) is 0.447. The second-order valence-electron chi connectivity index (χ2n) is 3.59. The Morgan fingerprint density at radius 3 is 2.71 bits per heavy atom. The maximum absolute atomic E-state index is 8.86. The van der Waals surface area contributed by atoms with Gasteiger partial charge in [-0.2, -0.15) is 0 Å². The third-order valence-electron chi connectivity index (χ3n) is 2.41. The predicted octanol–water partition coefficient (Wildman–Crippen LogP) is 2.48. The number of nitrogens with zero attached hydrogens (tertiary/aromatic N) is 1. The lowest BCUT2D eigenvalue weighted by Crippen LogP contribution is -2.47. The highest BCUT2D eigenvalue weighted by Gasteiger charge is 2.26. The Kier molecular flexibility index (Phi) is 3.34. The molecule has 1 N–H and O–H groups in total. The van der Waals surface area contributed by atoms with Crippen LogP contribution in [-0.2, 0) is 6.54 Å². The van der Waals surface area contributed by atoms with Crippen molar-refractivity contribution in [3.8, 4) is 0 Å². The predicted molar refractivity (Wildman–Crippen MR) is 60.2 cm³/mol. The van der Waals surface area contributed by atoms with Crippen LogP contribution in [0.5, 0.6) is 0 Å². The molecular formula is C9H11Cl2NOS. The van der Waals surface area contributed by atoms with Gasteiger partial charge in [-0.15, -0.1) is 11.3 Å². The Morgan fingerprint density at radius 1 is 1.50 bits per heavy atom. The fraction of sp³-hybridized carbons (Fsp3) is 0.556. The number of hydrogen-bond acceptors (Lipinski definition) is 3. The van der Waals surface area contributed by atoms with Crippen LogP contribution in [0.3, 0.4) is 0 Å². The van der Waals surface area contributed by atoms with E-state index in [0.29, 0.717) is 5.92 Å². The number of halogens is 2. The van der Waals surface area contributed by atoms with Gasteiger partial charge in [0, 0.05) is 32.2 Å². The van der Waals surface area contributed by atoms with Gasteiger partial charge in [-0.25, -0.2) is 0 Å². The van der Waals surface area contributed by atoms with Crippen molar-refractivity contribution in [1.82, 2.24) is 4.90 Å². The summed E-state index contributed by atoms with van der Waals surface area (Å²) >= 11 is 13.2. The van der Waals surface area contributed by atoms with Crippen LogP contribution in [0.25, 0.3) is 0 Å². The van der Waals surface area contributed by atoms with Crippen molar-refractivity contribution in [2.75, 3.05) is 19.7 Å². The molecule has 0 saturated carbocycles. The van der Waals surface area contributed by atoms with Crippen LogP contribution in [0.1, 0.15) is 5.56 Å². The molecule has 14 heavy (non-hydrogen) atoms. The highest BCUT2D eigenvalue weighted by molar-refractivity contribution is 7.20. The summed E-state index contributed by atoms with van der Waals surface area (Å²) in [4.78, 5) is 2.26. The van der Waals surface area contributed by atoms with E-state index < -0.39 is 0 Å². The molecule has 1 aromatic rings. The molecule has 5 heteroatoms. The number of likely N-dealkylation sites (tertiary alicyclic amines) is 1. The molecule has 1 aliphatic rings. The Morgan fingerprint density at radius 2 is 2.21 bits per heavy atom. The van der Waals surface area contributed by atoms with E-state index >= 15 is 0 Å². The highest BCUT2D eigenvalue weighted by atomic mass is 35.5. The molecule has 0 aromatic carbocycles. The Balaban J connectivity index is 1.90. The molecule has 1 saturated heterocycles. The van der Waals surface area contributed by atoms with Gasteiger partial charge in [-0.1, -0.05) is 23.2 Å². The van der Waals surface area contributed by atoms with Crippen LogP contribution in [0.4, 0.5) is 0 Å². The quantitative estimate of drug-likeness (QED) is 0.893. The number of rotatable bonds is 3. The van der Waals surface area contributed by atoms with E-state index in [-0.39, 0.29) is 6.61 Å². The first-order valence-electron chi connectivity index (χ1n) is 4.46. The normalized spacial score (nSPS) is 18.5. The molecule has 1 fully saturated rings. The Labute approximate surface area is 97.1 Å². The van der Waals surface area contributed by atoms with Crippen molar-refractivity contribution in [3.05, 3.63) is 20.3 Å². The summed E-state index contributed by atoms with van der Waals surface area (Å²) in [6.45, 7) is 3.05. The van der Waals surface area contributed by atoms with E-state index in [4.69, 9.17) is 28.3 Å². The Hall–Kier alpha value is 0.200. The fourth-order valence-corrected chi connectivity index (χ4v) is 3.12. The molecule has 2 rings (SSSR count). The van der Waals surface area contributed by atoms with Gasteiger partial charge < -0.3 is 5.11 Å². The molecular weight excluding hydrogens is 241 g/mol. The van der Waals surface area contributed by atoms with E-state index in [9.17, 15) is 0 Å². The number of hydrogen-bond donors (Lipinski definition) is 1. The van der Waals surface area contributed by atoms with Crippen LogP contribution in [-0.4, -0.2) is 29.7 Å². The monoisotopic (exact) mass is 251 g/mol. The summed E-state index contributed by atoms with van der Waals surface area (Å²) in [5.41, 5.74) is 1.10. The summed E-state index contributed by atoms with van der Waals surface area (Å²) in [6.07, 6.45) is 0. The van der Waals surface area contributed by atoms with Gasteiger partial charge in [0.15, 0.2) is 0 Å². The van der Waals surface area contributed by atoms with Crippen LogP contribution in [0.15, 0.2) is 6.07 Å². The fourth-order valence-electron chi connectivity index (χ4n) is 1.64. The van der Waals surface area contributed by atoms with E-state index in [1.54, 1.807) is 0 Å². The standard InChI is InChI=1S/C9H11Cl2NOS/c10-8-1-7(9(11)14-8)4-12-2-6(3-12)5-13/h1,6,13H,2-5H2. The lowest BCUT2D eigenvalue weighted by molar-refractivity contribution is 0.0480. The first-order chi connectivity index (χ1) is 6.69. The van der Waals surface area contributed by atoms with Crippen LogP contribution < -0.4 is 0 Å². The van der Waals surface area contributed by atoms with Crippen LogP contribution >= 0.6 is 34.5 Å². The summed E-state index contributed by atoms with van der Waals surface area (Å²) in [7, 11) is 0. The van der Waals surface area contributed by atoms with Crippen LogP contribution in [0, 0.1) is 5.92 Å².